The third kappa shape index (κ3) is 8.81. The Labute approximate surface area is 197 Å². The van der Waals surface area contributed by atoms with Gasteiger partial charge in [-0.15, -0.1) is 0 Å². The fourth-order valence-electron chi connectivity index (χ4n) is 2.99. The van der Waals surface area contributed by atoms with E-state index in [-0.39, 0.29) is 18.3 Å². The smallest absolute Gasteiger partial charge is 0.326 e. The lowest BCUT2D eigenvalue weighted by molar-refractivity contribution is -0.144. The molecule has 0 aliphatic carbocycles. The van der Waals surface area contributed by atoms with Crippen molar-refractivity contribution in [2.45, 2.75) is 71.1 Å². The Kier molecular flexibility index (Phi) is 11.2. The fraction of sp³-hybridized carbons (Fsp3) is 0.619. The van der Waals surface area contributed by atoms with E-state index in [4.69, 9.17) is 5.73 Å². The van der Waals surface area contributed by atoms with Crippen LogP contribution in [-0.2, 0) is 30.4 Å². The molecule has 1 aromatic rings. The van der Waals surface area contributed by atoms with Crippen LogP contribution in [0.3, 0.4) is 0 Å². The zero-order valence-electron chi connectivity index (χ0n) is 19.7. The summed E-state index contributed by atoms with van der Waals surface area (Å²) in [5, 5.41) is 25.8. The summed E-state index contributed by atoms with van der Waals surface area (Å²) in [6.45, 7) is 6.82. The highest BCUT2D eigenvalue weighted by molar-refractivity contribution is 5.95. The molecule has 190 valence electrons. The number of nitrogens with two attached hydrogens (primary N) is 1. The van der Waals surface area contributed by atoms with Gasteiger partial charge in [0.05, 0.1) is 18.8 Å². The molecule has 0 bridgehead atoms. The number of hydrogen-bond donors (Lipinski definition) is 7. The van der Waals surface area contributed by atoms with E-state index in [0.717, 1.165) is 0 Å². The van der Waals surface area contributed by atoms with E-state index in [9.17, 15) is 34.2 Å². The number of rotatable bonds is 14. The molecular formula is C21H34N6O7. The average molecular weight is 483 g/mol. The summed E-state index contributed by atoms with van der Waals surface area (Å²) < 4.78 is 0. The third-order valence-corrected chi connectivity index (χ3v) is 5.42. The molecule has 13 nitrogen and oxygen atoms in total. The molecule has 8 N–H and O–H groups in total. The van der Waals surface area contributed by atoms with Crippen LogP contribution in [0, 0.1) is 11.8 Å². The van der Waals surface area contributed by atoms with Gasteiger partial charge < -0.3 is 36.9 Å². The maximum atomic E-state index is 13.0. The second-order valence-electron chi connectivity index (χ2n) is 8.48. The first-order chi connectivity index (χ1) is 15.9. The van der Waals surface area contributed by atoms with Gasteiger partial charge in [-0.3, -0.25) is 19.2 Å². The van der Waals surface area contributed by atoms with E-state index < -0.39 is 60.2 Å². The second kappa shape index (κ2) is 13.3. The lowest BCUT2D eigenvalue weighted by Gasteiger charge is -2.26. The first-order valence-electron chi connectivity index (χ1n) is 11.0. The van der Waals surface area contributed by atoms with Crippen molar-refractivity contribution >= 4 is 29.7 Å². The molecule has 5 unspecified atom stereocenters. The largest absolute Gasteiger partial charge is 0.481 e. The van der Waals surface area contributed by atoms with Crippen molar-refractivity contribution in [3.05, 3.63) is 18.2 Å². The predicted molar refractivity (Wildman–Crippen MR) is 120 cm³/mol. The molecule has 0 aliphatic heterocycles. The van der Waals surface area contributed by atoms with Crippen LogP contribution in [0.25, 0.3) is 0 Å². The van der Waals surface area contributed by atoms with Crippen molar-refractivity contribution < 1.29 is 34.2 Å². The van der Waals surface area contributed by atoms with Crippen LogP contribution < -0.4 is 21.7 Å². The standard InChI is InChI=1S/C21H34N6O7/c1-5-11(4)17(21(33)34)27-19(31)13(6-12-8-23-9-24-12)25-18(30)14(7-15(28)29)26-20(32)16(22)10(2)3/h8-11,13-14,16-17H,5-7,22H2,1-4H3,(H,23,24)(H,25,30)(H,26,32)(H,27,31)(H,28,29)(H,33,34). The molecule has 3 amide bonds. The summed E-state index contributed by atoms with van der Waals surface area (Å²) in [5.41, 5.74) is 6.25. The average Bonchev–Trinajstić information content (AvgIpc) is 3.27. The van der Waals surface area contributed by atoms with Gasteiger partial charge in [0, 0.05) is 18.3 Å². The highest BCUT2D eigenvalue weighted by Crippen LogP contribution is 2.10. The number of carboxylic acids is 2. The number of hydrogen-bond acceptors (Lipinski definition) is 7. The van der Waals surface area contributed by atoms with Gasteiger partial charge in [-0.2, -0.15) is 0 Å². The summed E-state index contributed by atoms with van der Waals surface area (Å²) in [4.78, 5) is 67.7. The number of aromatic amines is 1. The van der Waals surface area contributed by atoms with Crippen molar-refractivity contribution in [1.82, 2.24) is 25.9 Å². The van der Waals surface area contributed by atoms with Crippen molar-refractivity contribution in [3.63, 3.8) is 0 Å². The molecule has 0 aliphatic rings. The Bertz CT molecular complexity index is 858. The van der Waals surface area contributed by atoms with Crippen molar-refractivity contribution in [1.29, 1.82) is 0 Å². The quantitative estimate of drug-likeness (QED) is 0.173. The maximum absolute atomic E-state index is 13.0. The number of nitrogens with zero attached hydrogens (tertiary/aromatic N) is 1. The normalized spacial score (nSPS) is 15.5. The molecule has 1 heterocycles. The number of nitrogens with one attached hydrogen (secondary N) is 4. The molecule has 5 atom stereocenters. The van der Waals surface area contributed by atoms with Crippen LogP contribution in [0.5, 0.6) is 0 Å². The fourth-order valence-corrected chi connectivity index (χ4v) is 2.99. The minimum absolute atomic E-state index is 0.0797. The number of amides is 3. The molecule has 34 heavy (non-hydrogen) atoms. The summed E-state index contributed by atoms with van der Waals surface area (Å²) in [6.07, 6.45) is 2.45. The van der Waals surface area contributed by atoms with Crippen molar-refractivity contribution in [2.75, 3.05) is 0 Å². The Morgan fingerprint density at radius 2 is 1.59 bits per heavy atom. The molecule has 1 rings (SSSR count). The van der Waals surface area contributed by atoms with Crippen LogP contribution in [0.1, 0.15) is 46.2 Å². The summed E-state index contributed by atoms with van der Waals surface area (Å²) >= 11 is 0. The Morgan fingerprint density at radius 1 is 1.00 bits per heavy atom. The Balaban J connectivity index is 3.11. The number of carboxylic acid groups (broad SMARTS) is 2. The SMILES string of the molecule is CCC(C)C(NC(=O)C(Cc1cnc[nH]1)NC(=O)C(CC(=O)O)NC(=O)C(N)C(C)C)C(=O)O. The topological polar surface area (TPSA) is 217 Å². The highest BCUT2D eigenvalue weighted by atomic mass is 16.4. The van der Waals surface area contributed by atoms with Gasteiger partial charge >= 0.3 is 11.9 Å². The summed E-state index contributed by atoms with van der Waals surface area (Å²) in [7, 11) is 0. The van der Waals surface area contributed by atoms with Crippen LogP contribution in [-0.4, -0.2) is 74.0 Å². The van der Waals surface area contributed by atoms with Gasteiger partial charge in [0.2, 0.25) is 17.7 Å². The monoisotopic (exact) mass is 482 g/mol. The van der Waals surface area contributed by atoms with Crippen LogP contribution in [0.4, 0.5) is 0 Å². The molecule has 0 radical (unpaired) electrons. The number of carbonyl (C=O) groups is 5. The first-order valence-corrected chi connectivity index (χ1v) is 11.0. The number of aromatic nitrogens is 2. The van der Waals surface area contributed by atoms with Crippen LogP contribution in [0.2, 0.25) is 0 Å². The number of carbonyl (C=O) groups excluding carboxylic acids is 3. The van der Waals surface area contributed by atoms with Gasteiger partial charge in [-0.25, -0.2) is 9.78 Å². The van der Waals surface area contributed by atoms with E-state index in [1.807, 2.05) is 0 Å². The zero-order chi connectivity index (χ0) is 26.0. The van der Waals surface area contributed by atoms with Crippen LogP contribution >= 0.6 is 0 Å². The van der Waals surface area contributed by atoms with Crippen molar-refractivity contribution in [2.24, 2.45) is 17.6 Å². The molecule has 13 heteroatoms. The first kappa shape index (κ1) is 28.6. The molecule has 0 spiro atoms. The maximum Gasteiger partial charge on any atom is 0.326 e. The summed E-state index contributed by atoms with van der Waals surface area (Å²) in [6, 6.07) is -4.94. The van der Waals surface area contributed by atoms with E-state index >= 15 is 0 Å². The Hall–Kier alpha value is -3.48. The minimum atomic E-state index is -1.50. The molecule has 0 saturated carbocycles. The molecule has 0 saturated heterocycles. The van der Waals surface area contributed by atoms with Gasteiger partial charge in [-0.1, -0.05) is 34.1 Å². The van der Waals surface area contributed by atoms with Gasteiger partial charge in [-0.05, 0) is 11.8 Å². The number of aliphatic carboxylic acids is 2. The molecular weight excluding hydrogens is 448 g/mol. The number of H-pyrrole nitrogens is 1. The van der Waals surface area contributed by atoms with Gasteiger partial charge in [0.15, 0.2) is 0 Å². The molecule has 0 fully saturated rings. The summed E-state index contributed by atoms with van der Waals surface area (Å²) in [5.74, 6) is -5.66. The third-order valence-electron chi connectivity index (χ3n) is 5.42. The predicted octanol–water partition coefficient (Wildman–Crippen LogP) is -1.00. The van der Waals surface area contributed by atoms with E-state index in [2.05, 4.69) is 25.9 Å². The molecule has 1 aromatic heterocycles. The molecule has 0 aromatic carbocycles. The lowest BCUT2D eigenvalue weighted by atomic mass is 9.98. The van der Waals surface area contributed by atoms with Gasteiger partial charge in [0.25, 0.3) is 0 Å². The number of imidazole rings is 1. The van der Waals surface area contributed by atoms with E-state index in [0.29, 0.717) is 12.1 Å². The van der Waals surface area contributed by atoms with E-state index in [1.165, 1.54) is 12.5 Å². The van der Waals surface area contributed by atoms with Gasteiger partial charge in [0.1, 0.15) is 18.1 Å². The Morgan fingerprint density at radius 3 is 2.06 bits per heavy atom. The minimum Gasteiger partial charge on any atom is -0.481 e. The van der Waals surface area contributed by atoms with Crippen LogP contribution in [0.15, 0.2) is 12.5 Å². The lowest BCUT2D eigenvalue weighted by Crippen LogP contribution is -2.59. The second-order valence-corrected chi connectivity index (χ2v) is 8.48. The van der Waals surface area contributed by atoms with E-state index in [1.54, 1.807) is 27.7 Å². The van der Waals surface area contributed by atoms with Crippen molar-refractivity contribution in [3.8, 4) is 0 Å². The zero-order valence-corrected chi connectivity index (χ0v) is 19.7. The highest BCUT2D eigenvalue weighted by Gasteiger charge is 2.33.